The third-order valence-electron chi connectivity index (χ3n) is 13.4. The van der Waals surface area contributed by atoms with E-state index in [-0.39, 0.29) is 11.8 Å². The van der Waals surface area contributed by atoms with E-state index < -0.39 is 0 Å². The Balaban J connectivity index is 0.920. The molecule has 2 atom stereocenters. The molecule has 318 valence electrons. The van der Waals surface area contributed by atoms with Gasteiger partial charge in [-0.15, -0.1) is 0 Å². The number of rotatable bonds is 8. The molecular weight excluding hydrogens is 829 g/mol. The molecule has 2 unspecified atom stereocenters. The molecule has 3 aliphatic carbocycles. The van der Waals surface area contributed by atoms with Gasteiger partial charge in [-0.3, -0.25) is 0 Å². The summed E-state index contributed by atoms with van der Waals surface area (Å²) in [5, 5.41) is 0. The Labute approximate surface area is 394 Å². The zero-order valence-electron chi connectivity index (χ0n) is 36.8. The first-order chi connectivity index (χ1) is 33.7. The van der Waals surface area contributed by atoms with E-state index in [1.165, 1.54) is 44.5 Å². The second kappa shape index (κ2) is 16.5. The molecule has 0 fully saturated rings. The lowest BCUT2D eigenvalue weighted by molar-refractivity contribution is 0.754. The fourth-order valence-corrected chi connectivity index (χ4v) is 10.2. The molecule has 0 N–H and O–H groups in total. The number of benzene rings is 9. The Kier molecular flexibility index (Phi) is 9.53. The monoisotopic (exact) mass is 868 g/mol. The van der Waals surface area contributed by atoms with E-state index in [2.05, 4.69) is 146 Å². The Morgan fingerprint density at radius 1 is 0.191 bits per heavy atom. The predicted octanol–water partition coefficient (Wildman–Crippen LogP) is 14.4. The van der Waals surface area contributed by atoms with E-state index in [0.717, 1.165) is 44.5 Å². The largest absolute Gasteiger partial charge is 0.208 e. The van der Waals surface area contributed by atoms with Crippen LogP contribution in [0.4, 0.5) is 0 Å². The minimum Gasteiger partial charge on any atom is -0.208 e. The summed E-state index contributed by atoms with van der Waals surface area (Å²) in [4.78, 5) is 30.9. The molecule has 9 aromatic carbocycles. The first-order valence-corrected chi connectivity index (χ1v) is 23.0. The van der Waals surface area contributed by atoms with Gasteiger partial charge in [0, 0.05) is 45.2 Å². The molecule has 68 heavy (non-hydrogen) atoms. The van der Waals surface area contributed by atoms with Crippen LogP contribution in [0.15, 0.2) is 231 Å². The molecular formula is C62H40N6. The summed E-state index contributed by atoms with van der Waals surface area (Å²) in [6.07, 6.45) is 0. The standard InChI is InChI=1S/C62H40N6/c1-5-17-39(18-6-1)40-29-31-41(32-30-40)47-25-13-16-28-52(47)62-67-59(44-23-11-4-12-24-44)66-61(68-62)46-34-36-51-54(38-46)56-49-27-15-14-26-48(49)55(51)53-37-45(33-35-50(53)56)60-64-57(42-19-7-2-8-20-42)63-58(65-60)43-21-9-3-10-22-43/h1-38,55-56H. The van der Waals surface area contributed by atoms with E-state index in [0.29, 0.717) is 34.9 Å². The van der Waals surface area contributed by atoms with E-state index in [4.69, 9.17) is 29.9 Å². The van der Waals surface area contributed by atoms with Crippen molar-refractivity contribution in [1.82, 2.24) is 29.9 Å². The summed E-state index contributed by atoms with van der Waals surface area (Å²) in [6, 6.07) is 80.6. The quantitative estimate of drug-likeness (QED) is 0.151. The summed E-state index contributed by atoms with van der Waals surface area (Å²) in [6.45, 7) is 0. The van der Waals surface area contributed by atoms with Crippen LogP contribution in [0.25, 0.3) is 90.6 Å². The van der Waals surface area contributed by atoms with Crippen molar-refractivity contribution in [2.45, 2.75) is 11.8 Å². The minimum atomic E-state index is 0.0165. The lowest BCUT2D eigenvalue weighted by Crippen LogP contribution is -2.27. The van der Waals surface area contributed by atoms with Crippen LogP contribution < -0.4 is 0 Å². The maximum atomic E-state index is 5.31. The van der Waals surface area contributed by atoms with Gasteiger partial charge in [-0.25, -0.2) is 29.9 Å². The molecule has 6 nitrogen and oxygen atoms in total. The van der Waals surface area contributed by atoms with E-state index in [1.807, 2.05) is 84.9 Å². The van der Waals surface area contributed by atoms with Gasteiger partial charge in [0.05, 0.1) is 0 Å². The van der Waals surface area contributed by atoms with E-state index in [1.54, 1.807) is 0 Å². The summed E-state index contributed by atoms with van der Waals surface area (Å²) in [7, 11) is 0. The smallest absolute Gasteiger partial charge is 0.164 e. The predicted molar refractivity (Wildman–Crippen MR) is 271 cm³/mol. The van der Waals surface area contributed by atoms with Gasteiger partial charge in [-0.1, -0.05) is 218 Å². The molecule has 0 amide bonds. The zero-order valence-corrected chi connectivity index (χ0v) is 36.8. The van der Waals surface area contributed by atoms with Crippen LogP contribution in [0.3, 0.4) is 0 Å². The summed E-state index contributed by atoms with van der Waals surface area (Å²) in [5.74, 6) is 3.88. The van der Waals surface area contributed by atoms with E-state index >= 15 is 0 Å². The number of hydrogen-bond donors (Lipinski definition) is 0. The maximum absolute atomic E-state index is 5.31. The highest BCUT2D eigenvalue weighted by Gasteiger charge is 2.41. The van der Waals surface area contributed by atoms with Crippen LogP contribution in [0.1, 0.15) is 45.2 Å². The molecule has 2 aromatic heterocycles. The molecule has 0 saturated heterocycles. The highest BCUT2D eigenvalue weighted by molar-refractivity contribution is 5.83. The Morgan fingerprint density at radius 3 is 0.926 bits per heavy atom. The average Bonchev–Trinajstić information content (AvgIpc) is 3.43. The van der Waals surface area contributed by atoms with Crippen molar-refractivity contribution >= 4 is 0 Å². The first-order valence-electron chi connectivity index (χ1n) is 23.0. The van der Waals surface area contributed by atoms with Crippen molar-refractivity contribution in [1.29, 1.82) is 0 Å². The highest BCUT2D eigenvalue weighted by Crippen LogP contribution is 2.56. The summed E-state index contributed by atoms with van der Waals surface area (Å²) >= 11 is 0. The van der Waals surface area contributed by atoms with Crippen molar-refractivity contribution in [3.05, 3.63) is 264 Å². The molecule has 0 spiro atoms. The fraction of sp³-hybridized carbons (Fsp3) is 0.0323. The molecule has 14 rings (SSSR count). The highest BCUT2D eigenvalue weighted by atomic mass is 15.0. The SMILES string of the molecule is c1ccc(-c2ccc(-c3ccccc3-c3nc(-c4ccccc4)nc(-c4ccc5c(c4)C4c6ccccc6C5c5cc(-c6nc(-c7ccccc7)nc(-c7ccccc7)n6)ccc54)n3)cc2)cc1. The van der Waals surface area contributed by atoms with Gasteiger partial charge in [0.15, 0.2) is 34.9 Å². The topological polar surface area (TPSA) is 77.3 Å². The normalized spacial score (nSPS) is 14.2. The van der Waals surface area contributed by atoms with Crippen LogP contribution in [0.5, 0.6) is 0 Å². The van der Waals surface area contributed by atoms with Crippen LogP contribution in [0, 0.1) is 0 Å². The number of nitrogens with zero attached hydrogens (tertiary/aromatic N) is 6. The lowest BCUT2D eigenvalue weighted by Gasteiger charge is -2.42. The first kappa shape index (κ1) is 39.4. The number of hydrogen-bond acceptors (Lipinski definition) is 6. The van der Waals surface area contributed by atoms with Crippen molar-refractivity contribution in [3.8, 4) is 90.6 Å². The molecule has 0 saturated carbocycles. The summed E-state index contributed by atoms with van der Waals surface area (Å²) in [5.41, 5.74) is 18.0. The molecule has 0 aliphatic heterocycles. The third kappa shape index (κ3) is 6.90. The Bertz CT molecular complexity index is 3610. The van der Waals surface area contributed by atoms with Gasteiger partial charge in [-0.2, -0.15) is 0 Å². The van der Waals surface area contributed by atoms with Crippen LogP contribution in [0.2, 0.25) is 0 Å². The van der Waals surface area contributed by atoms with E-state index in [9.17, 15) is 0 Å². The molecule has 2 heterocycles. The van der Waals surface area contributed by atoms with Gasteiger partial charge in [0.2, 0.25) is 0 Å². The second-order valence-corrected chi connectivity index (χ2v) is 17.4. The van der Waals surface area contributed by atoms with Crippen LogP contribution >= 0.6 is 0 Å². The minimum absolute atomic E-state index is 0.0165. The Morgan fingerprint density at radius 2 is 0.485 bits per heavy atom. The van der Waals surface area contributed by atoms with Crippen molar-refractivity contribution in [2.24, 2.45) is 0 Å². The van der Waals surface area contributed by atoms with Gasteiger partial charge in [-0.05, 0) is 67.8 Å². The zero-order chi connectivity index (χ0) is 45.0. The molecule has 2 bridgehead atoms. The molecule has 0 radical (unpaired) electrons. The fourth-order valence-electron chi connectivity index (χ4n) is 10.2. The van der Waals surface area contributed by atoms with Gasteiger partial charge < -0.3 is 0 Å². The van der Waals surface area contributed by atoms with Gasteiger partial charge in [0.1, 0.15) is 0 Å². The number of aromatic nitrogens is 6. The van der Waals surface area contributed by atoms with Crippen molar-refractivity contribution in [3.63, 3.8) is 0 Å². The van der Waals surface area contributed by atoms with Gasteiger partial charge in [0.25, 0.3) is 0 Å². The second-order valence-electron chi connectivity index (χ2n) is 17.4. The van der Waals surface area contributed by atoms with Crippen LogP contribution in [-0.4, -0.2) is 29.9 Å². The molecule has 6 heteroatoms. The summed E-state index contributed by atoms with van der Waals surface area (Å²) < 4.78 is 0. The van der Waals surface area contributed by atoms with Crippen LogP contribution in [-0.2, 0) is 0 Å². The Hall–Kier alpha value is -9.00. The third-order valence-corrected chi connectivity index (χ3v) is 13.4. The van der Waals surface area contributed by atoms with Crippen molar-refractivity contribution < 1.29 is 0 Å². The van der Waals surface area contributed by atoms with Gasteiger partial charge >= 0.3 is 0 Å². The van der Waals surface area contributed by atoms with Crippen molar-refractivity contribution in [2.75, 3.05) is 0 Å². The average molecular weight is 869 g/mol. The molecule has 3 aliphatic rings. The molecule has 11 aromatic rings. The maximum Gasteiger partial charge on any atom is 0.164 e. The lowest BCUT2D eigenvalue weighted by atomic mass is 9.61.